The lowest BCUT2D eigenvalue weighted by Gasteiger charge is -2.35. The third kappa shape index (κ3) is 16.2. The van der Waals surface area contributed by atoms with E-state index in [0.717, 1.165) is 12.0 Å². The van der Waals surface area contributed by atoms with E-state index in [1.807, 2.05) is 45.6 Å². The lowest BCUT2D eigenvalue weighted by molar-refractivity contribution is -0.134. The molecule has 6 heteroatoms. The molecule has 1 fully saturated rings. The van der Waals surface area contributed by atoms with Crippen LogP contribution in [0, 0.1) is 12.8 Å². The van der Waals surface area contributed by atoms with Crippen LogP contribution in [-0.4, -0.2) is 43.8 Å². The minimum absolute atomic E-state index is 0.184. The van der Waals surface area contributed by atoms with Gasteiger partial charge in [0.15, 0.2) is 0 Å². The topological polar surface area (TPSA) is 37.4 Å². The molecule has 0 saturated carbocycles. The molecule has 1 heterocycles. The molecule has 2 aliphatic rings. The average molecular weight is 510 g/mol. The number of carbonyl (C=O) groups excluding carboxylic acids is 2. The van der Waals surface area contributed by atoms with Crippen molar-refractivity contribution in [3.63, 3.8) is 0 Å². The normalized spacial score (nSPS) is 16.4. The number of alkyl halides is 3. The Bertz CT molecular complexity index is 741. The zero-order valence-corrected chi connectivity index (χ0v) is 22.8. The first kappa shape index (κ1) is 35.7. The summed E-state index contributed by atoms with van der Waals surface area (Å²) >= 11 is 0. The summed E-state index contributed by atoms with van der Waals surface area (Å²) in [6.07, 6.45) is 0.960. The van der Waals surface area contributed by atoms with Crippen LogP contribution in [0.25, 0.3) is 0 Å². The van der Waals surface area contributed by atoms with Crippen LogP contribution in [0.3, 0.4) is 0 Å². The number of aryl methyl sites for hydroxylation is 1. The van der Waals surface area contributed by atoms with E-state index in [0.29, 0.717) is 0 Å². The highest BCUT2D eigenvalue weighted by atomic mass is 19.4. The highest BCUT2D eigenvalue weighted by Gasteiger charge is 2.29. The van der Waals surface area contributed by atoms with Crippen molar-refractivity contribution in [1.29, 1.82) is 0 Å². The SMILES string of the molecule is C=O.C=O.CC.CC1CCCN(C2Cc3ccccc3C2)C1.CCCC(F)(F)F.Cc1ccccc1. The third-order valence-corrected chi connectivity index (χ3v) is 5.71. The molecule has 0 aromatic heterocycles. The van der Waals surface area contributed by atoms with Gasteiger partial charge in [0.2, 0.25) is 0 Å². The van der Waals surface area contributed by atoms with Gasteiger partial charge in [0.25, 0.3) is 0 Å². The standard InChI is InChI=1S/C15H21N.C7H8.C4H7F3.C2H6.2CH2O/c1-12-5-4-8-16(11-12)15-9-13-6-2-3-7-14(13)10-15;1-7-5-3-2-4-6-7;1-2-3-4(5,6)7;3*1-2/h2-3,6-7,12,15H,4-5,8-11H2,1H3;2-6H,1H3;2-3H2,1H3;1-2H3;2*1H2. The van der Waals surface area contributed by atoms with Gasteiger partial charge in [-0.05, 0) is 62.6 Å². The molecule has 1 atom stereocenters. The first-order valence-corrected chi connectivity index (χ1v) is 12.8. The van der Waals surface area contributed by atoms with Gasteiger partial charge in [-0.25, -0.2) is 0 Å². The number of hydrogen-bond donors (Lipinski definition) is 0. The van der Waals surface area contributed by atoms with Crippen LogP contribution in [0.2, 0.25) is 0 Å². The van der Waals surface area contributed by atoms with Gasteiger partial charge >= 0.3 is 6.18 Å². The molecule has 0 amide bonds. The second-order valence-electron chi connectivity index (χ2n) is 8.59. The maximum Gasteiger partial charge on any atom is 0.389 e. The van der Waals surface area contributed by atoms with E-state index in [4.69, 9.17) is 9.59 Å². The van der Waals surface area contributed by atoms with Crippen LogP contribution < -0.4 is 0 Å². The molecule has 0 N–H and O–H groups in total. The molecule has 4 rings (SSSR count). The minimum Gasteiger partial charge on any atom is -0.307 e. The van der Waals surface area contributed by atoms with Crippen LogP contribution >= 0.6 is 0 Å². The Labute approximate surface area is 217 Å². The van der Waals surface area contributed by atoms with Gasteiger partial charge in [0.05, 0.1) is 0 Å². The van der Waals surface area contributed by atoms with Gasteiger partial charge in [-0.2, -0.15) is 13.2 Å². The van der Waals surface area contributed by atoms with E-state index in [-0.39, 0.29) is 6.42 Å². The Morgan fingerprint density at radius 2 is 1.36 bits per heavy atom. The van der Waals surface area contributed by atoms with Gasteiger partial charge < -0.3 is 9.59 Å². The van der Waals surface area contributed by atoms with Crippen LogP contribution in [0.15, 0.2) is 54.6 Å². The van der Waals surface area contributed by atoms with Gasteiger partial charge in [0.1, 0.15) is 13.6 Å². The number of piperidine rings is 1. The highest BCUT2D eigenvalue weighted by Crippen LogP contribution is 2.28. The molecule has 1 aliphatic heterocycles. The van der Waals surface area contributed by atoms with Gasteiger partial charge in [-0.3, -0.25) is 4.90 Å². The summed E-state index contributed by atoms with van der Waals surface area (Å²) < 4.78 is 33.2. The predicted octanol–water partition coefficient (Wildman–Crippen LogP) is 7.89. The van der Waals surface area contributed by atoms with E-state index < -0.39 is 12.6 Å². The minimum atomic E-state index is -3.95. The molecule has 0 bridgehead atoms. The van der Waals surface area contributed by atoms with E-state index in [9.17, 15) is 13.2 Å². The number of nitrogens with zero attached hydrogens (tertiary/aromatic N) is 1. The van der Waals surface area contributed by atoms with Crippen molar-refractivity contribution in [3.8, 4) is 0 Å². The molecule has 2 aromatic rings. The number of fused-ring (bicyclic) bond motifs is 1. The van der Waals surface area contributed by atoms with E-state index >= 15 is 0 Å². The summed E-state index contributed by atoms with van der Waals surface area (Å²) in [7, 11) is 0. The molecule has 1 saturated heterocycles. The fourth-order valence-electron chi connectivity index (χ4n) is 4.17. The summed E-state index contributed by atoms with van der Waals surface area (Å²) in [6.45, 7) is 16.6. The largest absolute Gasteiger partial charge is 0.389 e. The quantitative estimate of drug-likeness (QED) is 0.413. The summed E-state index contributed by atoms with van der Waals surface area (Å²) in [6, 6.07) is 20.0. The molecule has 0 spiro atoms. The molecule has 204 valence electrons. The third-order valence-electron chi connectivity index (χ3n) is 5.71. The molecule has 36 heavy (non-hydrogen) atoms. The molecule has 3 nitrogen and oxygen atoms in total. The van der Waals surface area contributed by atoms with Crippen LogP contribution in [0.5, 0.6) is 0 Å². The zero-order valence-electron chi connectivity index (χ0n) is 22.8. The summed E-state index contributed by atoms with van der Waals surface area (Å²) in [5.41, 5.74) is 4.50. The monoisotopic (exact) mass is 509 g/mol. The van der Waals surface area contributed by atoms with Crippen LogP contribution in [0.1, 0.15) is 70.1 Å². The van der Waals surface area contributed by atoms with Crippen molar-refractivity contribution in [2.45, 2.75) is 85.4 Å². The van der Waals surface area contributed by atoms with Crippen molar-refractivity contribution in [2.75, 3.05) is 13.1 Å². The van der Waals surface area contributed by atoms with Crippen LogP contribution in [0.4, 0.5) is 13.2 Å². The maximum absolute atomic E-state index is 11.1. The second kappa shape index (κ2) is 21.8. The lowest BCUT2D eigenvalue weighted by Crippen LogP contribution is -2.42. The van der Waals surface area contributed by atoms with E-state index in [2.05, 4.69) is 55.1 Å². The molecule has 1 unspecified atom stereocenters. The summed E-state index contributed by atoms with van der Waals surface area (Å²) in [4.78, 5) is 18.7. The van der Waals surface area contributed by atoms with Crippen molar-refractivity contribution in [3.05, 3.63) is 71.3 Å². The van der Waals surface area contributed by atoms with Crippen molar-refractivity contribution < 1.29 is 22.8 Å². The molecular weight excluding hydrogens is 463 g/mol. The Hall–Kier alpha value is -2.47. The summed E-state index contributed by atoms with van der Waals surface area (Å²) in [5, 5.41) is 0. The highest BCUT2D eigenvalue weighted by molar-refractivity contribution is 5.33. The van der Waals surface area contributed by atoms with E-state index in [1.165, 1.54) is 51.3 Å². The summed E-state index contributed by atoms with van der Waals surface area (Å²) in [5.74, 6) is 0.900. The van der Waals surface area contributed by atoms with Crippen molar-refractivity contribution in [1.82, 2.24) is 4.90 Å². The Morgan fingerprint density at radius 1 is 0.889 bits per heavy atom. The number of halogens is 3. The number of hydrogen-bond acceptors (Lipinski definition) is 3. The number of carbonyl (C=O) groups is 2. The fraction of sp³-hybridized carbons (Fsp3) is 0.533. The fourth-order valence-corrected chi connectivity index (χ4v) is 4.17. The molecule has 0 radical (unpaired) electrons. The average Bonchev–Trinajstić information content (AvgIpc) is 3.33. The zero-order chi connectivity index (χ0) is 28.0. The predicted molar refractivity (Wildman–Crippen MR) is 145 cm³/mol. The lowest BCUT2D eigenvalue weighted by atomic mass is 9.98. The number of likely N-dealkylation sites (tertiary alicyclic amines) is 1. The second-order valence-corrected chi connectivity index (χ2v) is 8.59. The molecule has 1 aliphatic carbocycles. The van der Waals surface area contributed by atoms with E-state index in [1.54, 1.807) is 11.1 Å². The van der Waals surface area contributed by atoms with Crippen molar-refractivity contribution in [2.24, 2.45) is 5.92 Å². The van der Waals surface area contributed by atoms with Crippen LogP contribution in [-0.2, 0) is 22.4 Å². The molecular formula is C30H46F3NO2. The molecule has 2 aromatic carbocycles. The Balaban J connectivity index is 0. The smallest absolute Gasteiger partial charge is 0.307 e. The number of rotatable bonds is 2. The van der Waals surface area contributed by atoms with Gasteiger partial charge in [0, 0.05) is 19.0 Å². The Morgan fingerprint density at radius 3 is 1.69 bits per heavy atom. The number of benzene rings is 2. The van der Waals surface area contributed by atoms with Crippen molar-refractivity contribution >= 4 is 13.6 Å². The van der Waals surface area contributed by atoms with Gasteiger partial charge in [-0.15, -0.1) is 0 Å². The first-order chi connectivity index (χ1) is 17.3. The Kier molecular flexibility index (Phi) is 21.6. The maximum atomic E-state index is 11.1. The first-order valence-electron chi connectivity index (χ1n) is 12.8. The van der Waals surface area contributed by atoms with Gasteiger partial charge in [-0.1, -0.05) is 87.9 Å².